The van der Waals surface area contributed by atoms with Crippen LogP contribution in [0.4, 0.5) is 15.8 Å². The number of aryl methyl sites for hydroxylation is 1. The van der Waals surface area contributed by atoms with Crippen molar-refractivity contribution < 1.29 is 4.39 Å². The molecule has 6 N–H and O–H groups in total. The van der Waals surface area contributed by atoms with Gasteiger partial charge >= 0.3 is 0 Å². The Morgan fingerprint density at radius 1 is 1.10 bits per heavy atom. The van der Waals surface area contributed by atoms with Crippen molar-refractivity contribution in [2.75, 3.05) is 11.5 Å². The highest BCUT2D eigenvalue weighted by molar-refractivity contribution is 6.06. The summed E-state index contributed by atoms with van der Waals surface area (Å²) in [4.78, 5) is 19.9. The average Bonchev–Trinajstić information content (AvgIpc) is 2.73. The summed E-state index contributed by atoms with van der Waals surface area (Å²) < 4.78 is 13.9. The molecule has 8 nitrogen and oxygen atoms in total. The topological polar surface area (TPSA) is 147 Å². The maximum Gasteiger partial charge on any atom is 0.272 e. The average molecular weight is 389 g/mol. The van der Waals surface area contributed by atoms with Gasteiger partial charge in [0, 0.05) is 34.7 Å². The Bertz CT molecular complexity index is 1330. The Morgan fingerprint density at radius 2 is 1.90 bits per heavy atom. The van der Waals surface area contributed by atoms with E-state index in [0.29, 0.717) is 22.2 Å². The van der Waals surface area contributed by atoms with Gasteiger partial charge in [-0.05, 0) is 30.2 Å². The molecule has 3 heterocycles. The molecule has 0 aliphatic carbocycles. The number of nitrogens with two attached hydrogens (primary N) is 2. The van der Waals surface area contributed by atoms with E-state index in [1.54, 1.807) is 24.7 Å². The minimum atomic E-state index is -0.656. The predicted octanol–water partition coefficient (Wildman–Crippen LogP) is 2.66. The molecule has 9 heteroatoms. The van der Waals surface area contributed by atoms with Crippen LogP contribution in [0.25, 0.3) is 33.3 Å². The largest absolute Gasteiger partial charge is 0.396 e. The zero-order valence-corrected chi connectivity index (χ0v) is 15.3. The minimum Gasteiger partial charge on any atom is -0.396 e. The van der Waals surface area contributed by atoms with E-state index in [1.165, 1.54) is 12.1 Å². The number of nitrogens with one attached hydrogen (secondary N) is 2. The monoisotopic (exact) mass is 389 g/mol. The maximum absolute atomic E-state index is 13.9. The van der Waals surface area contributed by atoms with E-state index in [-0.39, 0.29) is 16.9 Å². The number of rotatable bonds is 3. The molecule has 0 atom stereocenters. The Kier molecular flexibility index (Phi) is 4.27. The molecule has 4 aromatic rings. The second-order valence-corrected chi connectivity index (χ2v) is 6.46. The van der Waals surface area contributed by atoms with Crippen molar-refractivity contribution in [3.63, 3.8) is 0 Å². The molecule has 0 amide bonds. The summed E-state index contributed by atoms with van der Waals surface area (Å²) in [6, 6.07) is 4.40. The highest BCUT2D eigenvalue weighted by atomic mass is 19.1. The summed E-state index contributed by atoms with van der Waals surface area (Å²) >= 11 is 0. The smallest absolute Gasteiger partial charge is 0.272 e. The summed E-state index contributed by atoms with van der Waals surface area (Å²) in [7, 11) is 0. The number of H-pyrrole nitrogens is 1. The molecule has 1 aromatic carbocycles. The van der Waals surface area contributed by atoms with Gasteiger partial charge in [-0.3, -0.25) is 9.78 Å². The Hall–Kier alpha value is -4.14. The number of nitrogens with zero attached hydrogens (tertiary/aromatic N) is 3. The number of pyridine rings is 2. The zero-order chi connectivity index (χ0) is 20.7. The van der Waals surface area contributed by atoms with E-state index >= 15 is 0 Å². The van der Waals surface area contributed by atoms with Crippen molar-refractivity contribution in [1.29, 1.82) is 5.41 Å². The van der Waals surface area contributed by atoms with Crippen LogP contribution in [0, 0.1) is 18.2 Å². The van der Waals surface area contributed by atoms with Crippen LogP contribution in [0.15, 0.2) is 41.6 Å². The normalized spacial score (nSPS) is 11.0. The number of halogens is 1. The van der Waals surface area contributed by atoms with Crippen LogP contribution in [-0.2, 0) is 0 Å². The summed E-state index contributed by atoms with van der Waals surface area (Å²) in [6.45, 7) is 1.84. The van der Waals surface area contributed by atoms with E-state index in [4.69, 9.17) is 16.9 Å². The molecular weight excluding hydrogens is 373 g/mol. The zero-order valence-electron chi connectivity index (χ0n) is 15.3. The maximum atomic E-state index is 13.9. The molecule has 0 saturated heterocycles. The summed E-state index contributed by atoms with van der Waals surface area (Å²) in [5.41, 5.74) is 15.1. The molecule has 0 unspecified atom stereocenters. The lowest BCUT2D eigenvalue weighted by molar-refractivity contribution is 0.632. The standard InChI is InChI=1S/C20H16FN7O/c1-9-13(10-4-5-26-27-7-10)8-25-19-15(17(24)20(29)28-18(9)19)11-2-3-14(21)16(23)12(11)6-22/h2-8,22H,23-24H2,1H3,(H,28,29). The van der Waals surface area contributed by atoms with Gasteiger partial charge in [0.25, 0.3) is 5.56 Å². The fraction of sp³-hybridized carbons (Fsp3) is 0.0500. The Labute approximate surface area is 163 Å². The summed E-state index contributed by atoms with van der Waals surface area (Å²) in [6.07, 6.45) is 5.74. The van der Waals surface area contributed by atoms with Crippen LogP contribution in [0.1, 0.15) is 11.1 Å². The second-order valence-electron chi connectivity index (χ2n) is 6.46. The van der Waals surface area contributed by atoms with Gasteiger partial charge in [0.15, 0.2) is 0 Å². The number of aromatic nitrogens is 4. The second kappa shape index (κ2) is 6.79. The Balaban J connectivity index is 2.11. The van der Waals surface area contributed by atoms with Crippen LogP contribution in [0.5, 0.6) is 0 Å². The number of fused-ring (bicyclic) bond motifs is 1. The lowest BCUT2D eigenvalue weighted by Crippen LogP contribution is -2.15. The third kappa shape index (κ3) is 2.80. The fourth-order valence-electron chi connectivity index (χ4n) is 3.36. The number of hydrogen-bond acceptors (Lipinski definition) is 7. The van der Waals surface area contributed by atoms with Crippen molar-refractivity contribution in [3.05, 3.63) is 64.1 Å². The fourth-order valence-corrected chi connectivity index (χ4v) is 3.36. The molecule has 0 spiro atoms. The highest BCUT2D eigenvalue weighted by Gasteiger charge is 2.20. The molecule has 0 aliphatic heterocycles. The van der Waals surface area contributed by atoms with Crippen LogP contribution in [0.2, 0.25) is 0 Å². The molecule has 4 rings (SSSR count). The first-order valence-corrected chi connectivity index (χ1v) is 8.61. The third-order valence-electron chi connectivity index (χ3n) is 4.87. The van der Waals surface area contributed by atoms with Gasteiger partial charge < -0.3 is 21.9 Å². The van der Waals surface area contributed by atoms with Crippen LogP contribution in [0.3, 0.4) is 0 Å². The lowest BCUT2D eigenvalue weighted by atomic mass is 9.94. The Morgan fingerprint density at radius 3 is 2.59 bits per heavy atom. The number of anilines is 2. The quantitative estimate of drug-likeness (QED) is 0.313. The molecule has 0 saturated carbocycles. The number of hydrogen-bond donors (Lipinski definition) is 4. The van der Waals surface area contributed by atoms with Gasteiger partial charge in [0.1, 0.15) is 11.5 Å². The molecule has 29 heavy (non-hydrogen) atoms. The minimum absolute atomic E-state index is 0.0863. The van der Waals surface area contributed by atoms with Crippen molar-refractivity contribution in [1.82, 2.24) is 20.2 Å². The first-order chi connectivity index (χ1) is 13.9. The van der Waals surface area contributed by atoms with Crippen LogP contribution < -0.4 is 17.0 Å². The molecular formula is C20H16FN7O. The number of benzene rings is 1. The molecule has 0 bridgehead atoms. The van der Waals surface area contributed by atoms with Gasteiger partial charge in [-0.1, -0.05) is 6.07 Å². The molecule has 3 aromatic heterocycles. The van der Waals surface area contributed by atoms with Crippen molar-refractivity contribution in [2.45, 2.75) is 6.92 Å². The lowest BCUT2D eigenvalue weighted by Gasteiger charge is -2.15. The SMILES string of the molecule is Cc1c(-c2ccnnc2)cnc2c(-c3ccc(F)c(N)c3C=N)c(N)c(=O)[nH]c12. The van der Waals surface area contributed by atoms with Crippen molar-refractivity contribution in [3.8, 4) is 22.3 Å². The highest BCUT2D eigenvalue weighted by Crippen LogP contribution is 2.37. The van der Waals surface area contributed by atoms with Crippen molar-refractivity contribution in [2.24, 2.45) is 0 Å². The van der Waals surface area contributed by atoms with Gasteiger partial charge in [-0.15, -0.1) is 0 Å². The van der Waals surface area contributed by atoms with Crippen LogP contribution in [-0.4, -0.2) is 26.4 Å². The van der Waals surface area contributed by atoms with Gasteiger partial charge in [0.2, 0.25) is 0 Å². The summed E-state index contributed by atoms with van der Waals surface area (Å²) in [5.74, 6) is -0.656. The number of nitrogen functional groups attached to an aromatic ring is 2. The van der Waals surface area contributed by atoms with E-state index in [0.717, 1.165) is 22.9 Å². The molecule has 0 fully saturated rings. The molecule has 0 radical (unpaired) electrons. The van der Waals surface area contributed by atoms with E-state index in [9.17, 15) is 9.18 Å². The third-order valence-corrected chi connectivity index (χ3v) is 4.87. The predicted molar refractivity (Wildman–Crippen MR) is 110 cm³/mol. The van der Waals surface area contributed by atoms with E-state index in [1.807, 2.05) is 6.92 Å². The summed E-state index contributed by atoms with van der Waals surface area (Å²) in [5, 5.41) is 15.3. The van der Waals surface area contributed by atoms with Crippen molar-refractivity contribution >= 4 is 28.6 Å². The molecule has 0 aliphatic rings. The van der Waals surface area contributed by atoms with Gasteiger partial charge in [-0.25, -0.2) is 4.39 Å². The van der Waals surface area contributed by atoms with E-state index in [2.05, 4.69) is 20.2 Å². The first-order valence-electron chi connectivity index (χ1n) is 8.61. The van der Waals surface area contributed by atoms with Crippen LogP contribution >= 0.6 is 0 Å². The first kappa shape index (κ1) is 18.2. The van der Waals surface area contributed by atoms with Gasteiger partial charge in [-0.2, -0.15) is 10.2 Å². The molecule has 144 valence electrons. The number of aromatic amines is 1. The van der Waals surface area contributed by atoms with E-state index < -0.39 is 11.4 Å². The van der Waals surface area contributed by atoms with Gasteiger partial charge in [0.05, 0.1) is 29.1 Å².